The van der Waals surface area contributed by atoms with Gasteiger partial charge in [-0.05, 0) is 51.0 Å². The third-order valence-corrected chi connectivity index (χ3v) is 4.19. The van der Waals surface area contributed by atoms with E-state index in [1.165, 1.54) is 6.08 Å². The van der Waals surface area contributed by atoms with Crippen LogP contribution in [0.25, 0.3) is 6.08 Å². The van der Waals surface area contributed by atoms with E-state index in [2.05, 4.69) is 10.2 Å². The van der Waals surface area contributed by atoms with Crippen LogP contribution in [-0.4, -0.2) is 19.0 Å². The van der Waals surface area contributed by atoms with Crippen LogP contribution in [0.5, 0.6) is 0 Å². The van der Waals surface area contributed by atoms with Crippen molar-refractivity contribution in [2.24, 2.45) is 0 Å². The van der Waals surface area contributed by atoms with Crippen molar-refractivity contribution in [1.29, 1.82) is 5.26 Å². The molecule has 0 saturated heterocycles. The number of furan rings is 1. The number of amides is 1. The van der Waals surface area contributed by atoms with Gasteiger partial charge in [0.05, 0.1) is 0 Å². The highest BCUT2D eigenvalue weighted by atomic mass is 16.4. The average molecular weight is 337 g/mol. The number of anilines is 2. The van der Waals surface area contributed by atoms with Crippen LogP contribution in [0, 0.1) is 25.2 Å². The van der Waals surface area contributed by atoms with Crippen molar-refractivity contribution in [3.8, 4) is 6.07 Å². The Morgan fingerprint density at radius 3 is 2.60 bits per heavy atom. The number of hydrogen-bond donors (Lipinski definition) is 1. The number of benzene rings is 1. The van der Waals surface area contributed by atoms with E-state index in [1.54, 1.807) is 6.07 Å². The van der Waals surface area contributed by atoms with Crippen LogP contribution in [0.15, 0.2) is 40.3 Å². The number of nitrogens with zero attached hydrogens (tertiary/aromatic N) is 2. The molecule has 1 heterocycles. The summed E-state index contributed by atoms with van der Waals surface area (Å²) in [5.74, 6) is 0.759. The van der Waals surface area contributed by atoms with Crippen molar-refractivity contribution in [3.05, 3.63) is 52.8 Å². The second kappa shape index (κ2) is 8.20. The monoisotopic (exact) mass is 337 g/mol. The number of nitrogens with one attached hydrogen (secondary N) is 1. The van der Waals surface area contributed by atoms with Gasteiger partial charge in [-0.1, -0.05) is 12.1 Å². The zero-order valence-electron chi connectivity index (χ0n) is 15.1. The standard InChI is InChI=1S/C20H23N3O2/c1-5-23(6-2)19-11-10-17(25-19)12-16(13-21)20(24)22-18-9-7-8-14(3)15(18)4/h7-12H,5-6H2,1-4H3,(H,22,24)/b16-12+. The van der Waals surface area contributed by atoms with E-state index in [-0.39, 0.29) is 5.57 Å². The minimum absolute atomic E-state index is 0.00125. The average Bonchev–Trinajstić information content (AvgIpc) is 3.06. The molecule has 0 aliphatic rings. The van der Waals surface area contributed by atoms with E-state index in [0.29, 0.717) is 11.4 Å². The molecule has 2 rings (SSSR count). The van der Waals surface area contributed by atoms with Gasteiger partial charge in [0.1, 0.15) is 17.4 Å². The SMILES string of the molecule is CCN(CC)c1ccc(/C=C(\C#N)C(=O)Nc2cccc(C)c2C)o1. The molecule has 130 valence electrons. The summed E-state index contributed by atoms with van der Waals surface area (Å²) in [7, 11) is 0. The molecule has 0 aliphatic carbocycles. The molecule has 0 atom stereocenters. The Kier molecular flexibility index (Phi) is 6.02. The van der Waals surface area contributed by atoms with Gasteiger partial charge in [0.25, 0.3) is 5.91 Å². The smallest absolute Gasteiger partial charge is 0.266 e. The highest BCUT2D eigenvalue weighted by Crippen LogP contribution is 2.22. The minimum atomic E-state index is -0.447. The molecule has 0 radical (unpaired) electrons. The molecule has 25 heavy (non-hydrogen) atoms. The van der Waals surface area contributed by atoms with E-state index in [4.69, 9.17) is 4.42 Å². The van der Waals surface area contributed by atoms with Gasteiger partial charge < -0.3 is 14.6 Å². The molecular formula is C20H23N3O2. The number of aryl methyl sites for hydroxylation is 1. The van der Waals surface area contributed by atoms with E-state index in [1.807, 2.05) is 58.0 Å². The van der Waals surface area contributed by atoms with E-state index >= 15 is 0 Å². The number of nitriles is 1. The first-order chi connectivity index (χ1) is 12.0. The lowest BCUT2D eigenvalue weighted by molar-refractivity contribution is -0.112. The zero-order chi connectivity index (χ0) is 18.4. The first kappa shape index (κ1) is 18.3. The molecule has 2 aromatic rings. The first-order valence-electron chi connectivity index (χ1n) is 8.34. The molecule has 0 fully saturated rings. The van der Waals surface area contributed by atoms with Crippen LogP contribution in [0.2, 0.25) is 0 Å². The lowest BCUT2D eigenvalue weighted by atomic mass is 10.1. The van der Waals surface area contributed by atoms with Crippen LogP contribution >= 0.6 is 0 Å². The molecule has 5 heteroatoms. The molecule has 1 aromatic heterocycles. The first-order valence-corrected chi connectivity index (χ1v) is 8.34. The molecule has 0 saturated carbocycles. The van der Waals surface area contributed by atoms with E-state index < -0.39 is 5.91 Å². The Morgan fingerprint density at radius 2 is 1.96 bits per heavy atom. The summed E-state index contributed by atoms with van der Waals surface area (Å²) in [5.41, 5.74) is 2.76. The number of hydrogen-bond acceptors (Lipinski definition) is 4. The topological polar surface area (TPSA) is 69.3 Å². The molecule has 1 amide bonds. The van der Waals surface area contributed by atoms with Gasteiger partial charge in [0, 0.05) is 30.9 Å². The Hall–Kier alpha value is -3.00. The van der Waals surface area contributed by atoms with Crippen LogP contribution < -0.4 is 10.2 Å². The summed E-state index contributed by atoms with van der Waals surface area (Å²) in [6, 6.07) is 11.2. The predicted octanol–water partition coefficient (Wildman–Crippen LogP) is 4.29. The molecule has 5 nitrogen and oxygen atoms in total. The van der Waals surface area contributed by atoms with Gasteiger partial charge in [-0.3, -0.25) is 4.79 Å². The fourth-order valence-corrected chi connectivity index (χ4v) is 2.49. The van der Waals surface area contributed by atoms with Crippen molar-refractivity contribution in [2.45, 2.75) is 27.7 Å². The summed E-state index contributed by atoms with van der Waals surface area (Å²) < 4.78 is 5.72. The lowest BCUT2D eigenvalue weighted by Crippen LogP contribution is -2.20. The number of carbonyl (C=O) groups is 1. The lowest BCUT2D eigenvalue weighted by Gasteiger charge is -2.16. The van der Waals surface area contributed by atoms with Crippen molar-refractivity contribution < 1.29 is 9.21 Å². The summed E-state index contributed by atoms with van der Waals surface area (Å²) in [6.45, 7) is 9.64. The maximum absolute atomic E-state index is 12.4. The van der Waals surface area contributed by atoms with Crippen LogP contribution in [-0.2, 0) is 4.79 Å². The van der Waals surface area contributed by atoms with Gasteiger partial charge in [-0.2, -0.15) is 5.26 Å². The highest BCUT2D eigenvalue weighted by molar-refractivity contribution is 6.09. The molecule has 0 aliphatic heterocycles. The normalized spacial score (nSPS) is 11.1. The molecule has 1 N–H and O–H groups in total. The van der Waals surface area contributed by atoms with Gasteiger partial charge in [0.2, 0.25) is 0 Å². The molecular weight excluding hydrogens is 314 g/mol. The molecule has 1 aromatic carbocycles. The van der Waals surface area contributed by atoms with Crippen molar-refractivity contribution >= 4 is 23.6 Å². The second-order valence-electron chi connectivity index (χ2n) is 5.72. The molecule has 0 spiro atoms. The quantitative estimate of drug-likeness (QED) is 0.630. The maximum atomic E-state index is 12.4. The molecule has 0 bridgehead atoms. The van der Waals surface area contributed by atoms with Crippen LogP contribution in [0.4, 0.5) is 11.6 Å². The number of carbonyl (C=O) groups excluding carboxylic acids is 1. The van der Waals surface area contributed by atoms with Gasteiger partial charge in [-0.25, -0.2) is 0 Å². The zero-order valence-corrected chi connectivity index (χ0v) is 15.1. The third kappa shape index (κ3) is 4.30. The largest absolute Gasteiger partial charge is 0.441 e. The number of rotatable bonds is 6. The van der Waals surface area contributed by atoms with Crippen molar-refractivity contribution in [3.63, 3.8) is 0 Å². The Labute approximate surface area is 148 Å². The molecule has 0 unspecified atom stereocenters. The van der Waals surface area contributed by atoms with Gasteiger partial charge >= 0.3 is 0 Å². The Balaban J connectivity index is 2.21. The van der Waals surface area contributed by atoms with E-state index in [9.17, 15) is 10.1 Å². The summed E-state index contributed by atoms with van der Waals surface area (Å²) in [6.07, 6.45) is 1.47. The van der Waals surface area contributed by atoms with Crippen molar-refractivity contribution in [1.82, 2.24) is 0 Å². The summed E-state index contributed by atoms with van der Waals surface area (Å²) >= 11 is 0. The summed E-state index contributed by atoms with van der Waals surface area (Å²) in [4.78, 5) is 14.5. The van der Waals surface area contributed by atoms with E-state index in [0.717, 1.165) is 30.1 Å². The van der Waals surface area contributed by atoms with Crippen LogP contribution in [0.1, 0.15) is 30.7 Å². The van der Waals surface area contributed by atoms with Crippen molar-refractivity contribution in [2.75, 3.05) is 23.3 Å². The predicted molar refractivity (Wildman–Crippen MR) is 100 cm³/mol. The third-order valence-electron chi connectivity index (χ3n) is 4.19. The minimum Gasteiger partial charge on any atom is -0.441 e. The Morgan fingerprint density at radius 1 is 1.24 bits per heavy atom. The Bertz CT molecular complexity index is 824. The fraction of sp³-hybridized carbons (Fsp3) is 0.300. The summed E-state index contributed by atoms with van der Waals surface area (Å²) in [5, 5.41) is 12.1. The second-order valence-corrected chi connectivity index (χ2v) is 5.72. The highest BCUT2D eigenvalue weighted by Gasteiger charge is 2.13. The fourth-order valence-electron chi connectivity index (χ4n) is 2.49. The van der Waals surface area contributed by atoms with Crippen LogP contribution in [0.3, 0.4) is 0 Å². The van der Waals surface area contributed by atoms with Gasteiger partial charge in [-0.15, -0.1) is 0 Å². The maximum Gasteiger partial charge on any atom is 0.266 e. The van der Waals surface area contributed by atoms with Gasteiger partial charge in [0.15, 0.2) is 5.88 Å².